The summed E-state index contributed by atoms with van der Waals surface area (Å²) >= 11 is 6.32. The third-order valence-electron chi connectivity index (χ3n) is 4.36. The molecule has 0 amide bonds. The fourth-order valence-corrected chi connectivity index (χ4v) is 3.60. The maximum Gasteiger partial charge on any atom is 0.127 e. The summed E-state index contributed by atoms with van der Waals surface area (Å²) in [6.45, 7) is 6.06. The van der Waals surface area contributed by atoms with Crippen LogP contribution in [0.3, 0.4) is 0 Å². The second-order valence-corrected chi connectivity index (χ2v) is 6.51. The van der Waals surface area contributed by atoms with Crippen molar-refractivity contribution in [2.45, 2.75) is 57.8 Å². The van der Waals surface area contributed by atoms with E-state index in [-0.39, 0.29) is 12.1 Å². The second-order valence-electron chi connectivity index (χ2n) is 6.08. The molecule has 1 fully saturated rings. The molecule has 0 aromatic heterocycles. The molecule has 21 heavy (non-hydrogen) atoms. The van der Waals surface area contributed by atoms with Crippen molar-refractivity contribution < 1.29 is 9.47 Å². The van der Waals surface area contributed by atoms with Crippen LogP contribution in [0, 0.1) is 0 Å². The number of nitrogens with one attached hydrogen (secondary N) is 1. The van der Waals surface area contributed by atoms with E-state index in [4.69, 9.17) is 21.1 Å². The van der Waals surface area contributed by atoms with Crippen LogP contribution in [-0.4, -0.2) is 25.4 Å². The lowest BCUT2D eigenvalue weighted by Gasteiger charge is -2.27. The van der Waals surface area contributed by atoms with Crippen LogP contribution in [0.4, 0.5) is 0 Å². The molecule has 0 bridgehead atoms. The van der Waals surface area contributed by atoms with E-state index in [0.717, 1.165) is 49.6 Å². The minimum absolute atomic E-state index is 0.167. The highest BCUT2D eigenvalue weighted by atomic mass is 35.5. The van der Waals surface area contributed by atoms with Crippen LogP contribution in [0.1, 0.15) is 50.3 Å². The van der Waals surface area contributed by atoms with Gasteiger partial charge in [-0.05, 0) is 50.4 Å². The van der Waals surface area contributed by atoms with Gasteiger partial charge in [0.05, 0.1) is 24.9 Å². The summed E-state index contributed by atoms with van der Waals surface area (Å²) in [7, 11) is 0. The monoisotopic (exact) mass is 309 g/mol. The molecule has 0 saturated carbocycles. The SMILES string of the molecule is CCCNC(c1cc(Cl)cc2c1OCC2)C1CCC(C)O1. The van der Waals surface area contributed by atoms with E-state index in [1.54, 1.807) is 0 Å². The lowest BCUT2D eigenvalue weighted by molar-refractivity contribution is 0.0311. The van der Waals surface area contributed by atoms with E-state index in [2.05, 4.69) is 19.2 Å². The Labute approximate surface area is 132 Å². The summed E-state index contributed by atoms with van der Waals surface area (Å²) in [4.78, 5) is 0. The van der Waals surface area contributed by atoms with Gasteiger partial charge >= 0.3 is 0 Å². The molecule has 0 spiro atoms. The fraction of sp³-hybridized carbons (Fsp3) is 0.647. The summed E-state index contributed by atoms with van der Waals surface area (Å²) < 4.78 is 12.0. The molecule has 0 radical (unpaired) electrons. The average molecular weight is 310 g/mol. The Morgan fingerprint density at radius 2 is 2.24 bits per heavy atom. The fourth-order valence-electron chi connectivity index (χ4n) is 3.35. The molecule has 0 aliphatic carbocycles. The van der Waals surface area contributed by atoms with Gasteiger partial charge in [-0.15, -0.1) is 0 Å². The van der Waals surface area contributed by atoms with E-state index >= 15 is 0 Å². The Kier molecular flexibility index (Phi) is 4.72. The average Bonchev–Trinajstić information content (AvgIpc) is 3.08. The maximum atomic E-state index is 6.32. The topological polar surface area (TPSA) is 30.5 Å². The first-order valence-electron chi connectivity index (χ1n) is 8.03. The van der Waals surface area contributed by atoms with Crippen molar-refractivity contribution in [3.05, 3.63) is 28.3 Å². The molecule has 4 heteroatoms. The van der Waals surface area contributed by atoms with Gasteiger partial charge in [-0.25, -0.2) is 0 Å². The molecule has 3 nitrogen and oxygen atoms in total. The summed E-state index contributed by atoms with van der Waals surface area (Å²) in [5.41, 5.74) is 2.40. The van der Waals surface area contributed by atoms with Crippen LogP contribution in [0.15, 0.2) is 12.1 Å². The van der Waals surface area contributed by atoms with Gasteiger partial charge < -0.3 is 14.8 Å². The predicted octanol–water partition coefficient (Wildman–Crippen LogP) is 3.88. The van der Waals surface area contributed by atoms with Crippen LogP contribution in [0.5, 0.6) is 5.75 Å². The van der Waals surface area contributed by atoms with Crippen molar-refractivity contribution >= 4 is 11.6 Å². The van der Waals surface area contributed by atoms with Gasteiger partial charge in [-0.1, -0.05) is 18.5 Å². The van der Waals surface area contributed by atoms with E-state index in [9.17, 15) is 0 Å². The lowest BCUT2D eigenvalue weighted by Crippen LogP contribution is -2.33. The maximum absolute atomic E-state index is 6.32. The number of hydrogen-bond acceptors (Lipinski definition) is 3. The number of benzene rings is 1. The van der Waals surface area contributed by atoms with E-state index in [0.29, 0.717) is 6.10 Å². The molecule has 1 aromatic carbocycles. The van der Waals surface area contributed by atoms with Gasteiger partial charge in [-0.3, -0.25) is 0 Å². The van der Waals surface area contributed by atoms with Crippen LogP contribution >= 0.6 is 11.6 Å². The smallest absolute Gasteiger partial charge is 0.127 e. The Bertz CT molecular complexity index is 506. The number of fused-ring (bicyclic) bond motifs is 1. The van der Waals surface area contributed by atoms with Gasteiger partial charge in [0.1, 0.15) is 5.75 Å². The Morgan fingerprint density at radius 1 is 1.38 bits per heavy atom. The van der Waals surface area contributed by atoms with Crippen molar-refractivity contribution in [1.82, 2.24) is 5.32 Å². The molecule has 1 saturated heterocycles. The third kappa shape index (κ3) is 3.20. The molecular weight excluding hydrogens is 286 g/mol. The lowest BCUT2D eigenvalue weighted by atomic mass is 9.96. The van der Waals surface area contributed by atoms with Gasteiger partial charge in [0, 0.05) is 17.0 Å². The first-order chi connectivity index (χ1) is 10.2. The summed E-state index contributed by atoms with van der Waals surface area (Å²) in [5.74, 6) is 1.02. The number of rotatable bonds is 5. The molecule has 1 N–H and O–H groups in total. The van der Waals surface area contributed by atoms with E-state index in [1.807, 2.05) is 12.1 Å². The van der Waals surface area contributed by atoms with Crippen molar-refractivity contribution in [1.29, 1.82) is 0 Å². The molecule has 1 aromatic rings. The summed E-state index contributed by atoms with van der Waals surface area (Å²) in [6.07, 6.45) is 4.81. The van der Waals surface area contributed by atoms with Crippen LogP contribution in [-0.2, 0) is 11.2 Å². The van der Waals surface area contributed by atoms with Crippen LogP contribution in [0.25, 0.3) is 0 Å². The predicted molar refractivity (Wildman–Crippen MR) is 85.3 cm³/mol. The molecule has 3 rings (SSSR count). The van der Waals surface area contributed by atoms with Crippen molar-refractivity contribution in [2.75, 3.05) is 13.2 Å². The summed E-state index contributed by atoms with van der Waals surface area (Å²) in [5, 5.41) is 4.44. The van der Waals surface area contributed by atoms with Crippen LogP contribution in [0.2, 0.25) is 5.02 Å². The van der Waals surface area contributed by atoms with Gasteiger partial charge in [0.25, 0.3) is 0 Å². The van der Waals surface area contributed by atoms with Crippen molar-refractivity contribution in [2.24, 2.45) is 0 Å². The second kappa shape index (κ2) is 6.55. The first-order valence-corrected chi connectivity index (χ1v) is 8.40. The Balaban J connectivity index is 1.92. The molecular formula is C17H24ClNO2. The van der Waals surface area contributed by atoms with E-state index in [1.165, 1.54) is 11.1 Å². The standard InChI is InChI=1S/C17H24ClNO2/c1-3-7-19-16(15-5-4-11(2)21-15)14-10-13(18)9-12-6-8-20-17(12)14/h9-11,15-16,19H,3-8H2,1-2H3. The highest BCUT2D eigenvalue weighted by Crippen LogP contribution is 2.40. The highest BCUT2D eigenvalue weighted by Gasteiger charge is 2.33. The summed E-state index contributed by atoms with van der Waals surface area (Å²) in [6, 6.07) is 4.24. The first kappa shape index (κ1) is 15.1. The largest absolute Gasteiger partial charge is 0.493 e. The van der Waals surface area contributed by atoms with E-state index < -0.39 is 0 Å². The number of ether oxygens (including phenoxy) is 2. The van der Waals surface area contributed by atoms with Gasteiger partial charge in [0.2, 0.25) is 0 Å². The van der Waals surface area contributed by atoms with Gasteiger partial charge in [0.15, 0.2) is 0 Å². The minimum atomic E-state index is 0.167. The number of hydrogen-bond donors (Lipinski definition) is 1. The normalized spacial score (nSPS) is 25.7. The highest BCUT2D eigenvalue weighted by molar-refractivity contribution is 6.30. The minimum Gasteiger partial charge on any atom is -0.493 e. The molecule has 3 unspecified atom stereocenters. The number of halogens is 1. The zero-order valence-electron chi connectivity index (χ0n) is 12.8. The Hall–Kier alpha value is -0.770. The third-order valence-corrected chi connectivity index (χ3v) is 4.58. The quantitative estimate of drug-likeness (QED) is 0.895. The molecule has 2 heterocycles. The van der Waals surface area contributed by atoms with Crippen molar-refractivity contribution in [3.8, 4) is 5.75 Å². The molecule has 2 aliphatic rings. The Morgan fingerprint density at radius 3 is 2.95 bits per heavy atom. The molecule has 116 valence electrons. The molecule has 2 aliphatic heterocycles. The van der Waals surface area contributed by atoms with Gasteiger partial charge in [-0.2, -0.15) is 0 Å². The molecule has 3 atom stereocenters. The zero-order chi connectivity index (χ0) is 14.8. The van der Waals surface area contributed by atoms with Crippen molar-refractivity contribution in [3.63, 3.8) is 0 Å². The van der Waals surface area contributed by atoms with Crippen LogP contribution < -0.4 is 10.1 Å². The zero-order valence-corrected chi connectivity index (χ0v) is 13.6.